The van der Waals surface area contributed by atoms with Crippen molar-refractivity contribution in [2.75, 3.05) is 0 Å². The van der Waals surface area contributed by atoms with Crippen molar-refractivity contribution in [2.24, 2.45) is 0 Å². The zero-order chi connectivity index (χ0) is 3.41. The van der Waals surface area contributed by atoms with Gasteiger partial charge in [0.2, 0.25) is 0 Å². The molecule has 1 radical (unpaired) electrons. The molecule has 17 valence electrons. The lowest BCUT2D eigenvalue weighted by atomic mass is 11.2. The molecule has 0 aliphatic heterocycles. The standard InChI is InChI=1S/C2HNSi/c1-2-3-4/h1H/q+1. The monoisotopic (exact) mass is 67.0 g/mol. The Hall–Kier alpha value is -0.513. The third-order valence-electron chi connectivity index (χ3n) is 0.0645. The minimum Gasteiger partial charge on any atom is -0.0765 e. The van der Waals surface area contributed by atoms with Crippen molar-refractivity contribution in [3.63, 3.8) is 0 Å². The smallest absolute Gasteiger partial charge is 0.0765 e. The summed E-state index contributed by atoms with van der Waals surface area (Å²) in [6.45, 7) is 0. The molecule has 0 fully saturated rings. The highest BCUT2D eigenvalue weighted by atomic mass is 28.1. The molecule has 0 N–H and O–H groups in total. The van der Waals surface area contributed by atoms with Crippen LogP contribution in [0.3, 0.4) is 0 Å². The van der Waals surface area contributed by atoms with Gasteiger partial charge in [-0.25, -0.2) is 0 Å². The number of rotatable bonds is 0. The Labute approximate surface area is 27.9 Å². The molecular formula is C2HNSi+. The Balaban J connectivity index is 3.14. The Bertz CT molecular complexity index is 61.0. The van der Waals surface area contributed by atoms with Crippen molar-refractivity contribution in [3.05, 3.63) is 4.47 Å². The van der Waals surface area contributed by atoms with E-state index in [1.54, 1.807) is 0 Å². The van der Waals surface area contributed by atoms with Crippen LogP contribution >= 0.6 is 0 Å². The van der Waals surface area contributed by atoms with E-state index in [9.17, 15) is 0 Å². The molecule has 4 heavy (non-hydrogen) atoms. The fourth-order valence-corrected chi connectivity index (χ4v) is 0. The van der Waals surface area contributed by atoms with E-state index in [1.165, 1.54) is 0 Å². The normalized spacial score (nSPS) is 2.50. The van der Waals surface area contributed by atoms with Crippen LogP contribution in [0.1, 0.15) is 0 Å². The van der Waals surface area contributed by atoms with Crippen LogP contribution in [0.25, 0.3) is 4.47 Å². The van der Waals surface area contributed by atoms with E-state index in [1.807, 2.05) is 6.04 Å². The number of nitrogens with zero attached hydrogens (tertiary/aromatic N) is 1. The molecule has 0 heterocycles. The second-order valence-corrected chi connectivity index (χ2v) is 0.465. The maximum absolute atomic E-state index is 4.56. The van der Waals surface area contributed by atoms with E-state index in [0.29, 0.717) is 0 Å². The molecule has 0 rings (SSSR count). The lowest BCUT2D eigenvalue weighted by Gasteiger charge is -1.13. The van der Waals surface area contributed by atoms with Crippen LogP contribution in [0.15, 0.2) is 0 Å². The highest BCUT2D eigenvalue weighted by Crippen LogP contribution is 1.37. The SMILES string of the molecule is C#C[N+]#[Si]. The first-order valence-corrected chi connectivity index (χ1v) is 1.18. The van der Waals surface area contributed by atoms with Crippen LogP contribution in [-0.2, 0) is 0 Å². The van der Waals surface area contributed by atoms with Gasteiger partial charge in [0.1, 0.15) is 0 Å². The van der Waals surface area contributed by atoms with Gasteiger partial charge in [-0.3, -0.25) is 0 Å². The van der Waals surface area contributed by atoms with E-state index >= 15 is 0 Å². The van der Waals surface area contributed by atoms with Crippen LogP contribution < -0.4 is 0 Å². The van der Waals surface area contributed by atoms with Crippen LogP contribution in [-0.4, -0.2) is 9.88 Å². The summed E-state index contributed by atoms with van der Waals surface area (Å²) in [5.41, 5.74) is 0. The van der Waals surface area contributed by atoms with Gasteiger partial charge in [0.25, 0.3) is 0 Å². The lowest BCUT2D eigenvalue weighted by Crippen LogP contribution is -1.20. The van der Waals surface area contributed by atoms with Gasteiger partial charge in [-0.05, 0) is 6.42 Å². The van der Waals surface area contributed by atoms with Crippen LogP contribution in [0.4, 0.5) is 0 Å². The van der Waals surface area contributed by atoms with Crippen LogP contribution in [0, 0.1) is 12.5 Å². The third kappa shape index (κ3) is 1.49. The summed E-state index contributed by atoms with van der Waals surface area (Å²) >= 11 is 0. The number of terminal acetylenes is 1. The largest absolute Gasteiger partial charge is 0.635 e. The summed E-state index contributed by atoms with van der Waals surface area (Å²) in [6, 6.07) is 1.97. The molecule has 0 saturated heterocycles. The van der Waals surface area contributed by atoms with Crippen molar-refractivity contribution in [3.8, 4) is 12.5 Å². The molecule has 0 amide bonds. The average molecular weight is 67.1 g/mol. The molecule has 0 aromatic heterocycles. The number of hydrogen-bond donors (Lipinski definition) is 0. The van der Waals surface area contributed by atoms with E-state index in [0.717, 1.165) is 0 Å². The molecule has 0 saturated carbocycles. The van der Waals surface area contributed by atoms with Crippen molar-refractivity contribution in [1.82, 2.24) is 0 Å². The first-order chi connectivity index (χ1) is 1.91. The van der Waals surface area contributed by atoms with Gasteiger partial charge in [-0.2, -0.15) is 0 Å². The van der Waals surface area contributed by atoms with Crippen molar-refractivity contribution < 1.29 is 0 Å². The zero-order valence-corrected chi connectivity index (χ0v) is 3.02. The summed E-state index contributed by atoms with van der Waals surface area (Å²) in [7, 11) is 2.68. The van der Waals surface area contributed by atoms with Gasteiger partial charge in [0.15, 0.2) is 0 Å². The van der Waals surface area contributed by atoms with E-state index in [-0.39, 0.29) is 0 Å². The number of hydrogen-bond acceptors (Lipinski definition) is 0. The van der Waals surface area contributed by atoms with Crippen molar-refractivity contribution in [1.29, 1.82) is 0 Å². The second kappa shape index (κ2) is 2.49. The quantitative estimate of drug-likeness (QED) is 0.278. The predicted molar refractivity (Wildman–Crippen MR) is 17.9 cm³/mol. The van der Waals surface area contributed by atoms with Gasteiger partial charge in [-0.15, -0.1) is 0 Å². The maximum Gasteiger partial charge on any atom is 0.635 e. The van der Waals surface area contributed by atoms with Crippen LogP contribution in [0.5, 0.6) is 0 Å². The third-order valence-corrected chi connectivity index (χ3v) is 0.194. The highest BCUT2D eigenvalue weighted by molar-refractivity contribution is 5.92. The Morgan fingerprint density at radius 3 is 2.25 bits per heavy atom. The van der Waals surface area contributed by atoms with Gasteiger partial charge in [0, 0.05) is 0 Å². The predicted octanol–water partition coefficient (Wildman–Crippen LogP) is 0.0343. The summed E-state index contributed by atoms with van der Waals surface area (Å²) < 4.78 is 3.07. The molecule has 0 atom stereocenters. The summed E-state index contributed by atoms with van der Waals surface area (Å²) in [5, 5.41) is 0. The lowest BCUT2D eigenvalue weighted by molar-refractivity contribution is 2.44. The maximum atomic E-state index is 4.56. The summed E-state index contributed by atoms with van der Waals surface area (Å²) in [6.07, 6.45) is 4.56. The minimum absolute atomic E-state index is 1.97. The molecular weight excluding hydrogens is 66.1 g/mol. The van der Waals surface area contributed by atoms with E-state index in [2.05, 4.69) is 20.8 Å². The average Bonchev–Trinajstić information content (AvgIpc) is 1.37. The summed E-state index contributed by atoms with van der Waals surface area (Å²) in [5.74, 6) is 0. The fraction of sp³-hybridized carbons (Fsp3) is 0. The Morgan fingerprint density at radius 1 is 2.00 bits per heavy atom. The molecule has 2 heteroatoms. The Morgan fingerprint density at radius 2 is 2.25 bits per heavy atom. The zero-order valence-electron chi connectivity index (χ0n) is 2.02. The minimum atomic E-state index is 1.97. The van der Waals surface area contributed by atoms with Gasteiger partial charge >= 0.3 is 15.9 Å². The second-order valence-electron chi connectivity index (χ2n) is 0.241. The van der Waals surface area contributed by atoms with Gasteiger partial charge in [-0.1, -0.05) is 4.47 Å². The molecule has 0 spiro atoms. The molecule has 0 aliphatic rings. The molecule has 1 nitrogen and oxygen atoms in total. The van der Waals surface area contributed by atoms with Gasteiger partial charge < -0.3 is 0 Å². The first-order valence-electron chi connectivity index (χ1n) is 0.736. The topological polar surface area (TPSA) is 4.36 Å². The van der Waals surface area contributed by atoms with E-state index < -0.39 is 0 Å². The molecule has 0 bridgehead atoms. The van der Waals surface area contributed by atoms with E-state index in [4.69, 9.17) is 0 Å². The molecule has 0 aromatic rings. The highest BCUT2D eigenvalue weighted by Gasteiger charge is 1.45. The Kier molecular flexibility index (Phi) is 2.17. The molecule has 0 aromatic carbocycles. The first kappa shape index (κ1) is 3.49. The van der Waals surface area contributed by atoms with Crippen molar-refractivity contribution >= 4 is 9.88 Å². The van der Waals surface area contributed by atoms with Crippen LogP contribution in [0.2, 0.25) is 0 Å². The van der Waals surface area contributed by atoms with Gasteiger partial charge in [0.05, 0.1) is 0 Å². The fourth-order valence-electron chi connectivity index (χ4n) is 0. The van der Waals surface area contributed by atoms with Crippen molar-refractivity contribution in [2.45, 2.75) is 0 Å². The molecule has 0 unspecified atom stereocenters. The molecule has 0 aliphatic carbocycles. The summed E-state index contributed by atoms with van der Waals surface area (Å²) in [4.78, 5) is 0.